The smallest absolute Gasteiger partial charge is 0.254 e. The molecule has 21 heavy (non-hydrogen) atoms. The van der Waals surface area contributed by atoms with Crippen LogP contribution >= 0.6 is 0 Å². The fourth-order valence-corrected chi connectivity index (χ4v) is 2.57. The number of aryl methyl sites for hydroxylation is 1. The van der Waals surface area contributed by atoms with Crippen LogP contribution in [-0.4, -0.2) is 60.1 Å². The molecule has 1 heterocycles. The van der Waals surface area contributed by atoms with Gasteiger partial charge in [0.05, 0.1) is 0 Å². The Labute approximate surface area is 126 Å². The Morgan fingerprint density at radius 3 is 2.57 bits per heavy atom. The van der Waals surface area contributed by atoms with Crippen LogP contribution in [0.4, 0.5) is 0 Å². The molecule has 1 amide bonds. The molecule has 1 aliphatic rings. The number of carbonyl (C=O) groups is 1. The minimum absolute atomic E-state index is 0.00294. The van der Waals surface area contributed by atoms with Crippen LogP contribution in [0.15, 0.2) is 18.2 Å². The summed E-state index contributed by atoms with van der Waals surface area (Å²) in [6.45, 7) is 8.87. The van der Waals surface area contributed by atoms with Gasteiger partial charge in [0.1, 0.15) is 5.75 Å². The first-order valence-corrected chi connectivity index (χ1v) is 7.52. The molecular formula is C16H25N3O2. The zero-order valence-corrected chi connectivity index (χ0v) is 12.9. The number of piperazine rings is 1. The summed E-state index contributed by atoms with van der Waals surface area (Å²) in [5.74, 6) is 0.661. The molecule has 0 radical (unpaired) electrons. The molecule has 1 unspecified atom stereocenters. The number of hydrogen-bond acceptors (Lipinski definition) is 4. The highest BCUT2D eigenvalue weighted by molar-refractivity contribution is 5.94. The highest BCUT2D eigenvalue weighted by Gasteiger charge is 2.23. The number of hydrogen-bond donors (Lipinski definition) is 2. The summed E-state index contributed by atoms with van der Waals surface area (Å²) < 4.78 is 0. The average Bonchev–Trinajstić information content (AvgIpc) is 2.50. The van der Waals surface area contributed by atoms with Gasteiger partial charge in [0, 0.05) is 38.3 Å². The number of amides is 1. The molecule has 0 bridgehead atoms. The van der Waals surface area contributed by atoms with E-state index in [4.69, 9.17) is 5.73 Å². The van der Waals surface area contributed by atoms with Gasteiger partial charge in [-0.1, -0.05) is 13.0 Å². The van der Waals surface area contributed by atoms with E-state index in [1.165, 1.54) is 0 Å². The lowest BCUT2D eigenvalue weighted by molar-refractivity contribution is 0.0621. The van der Waals surface area contributed by atoms with Crippen molar-refractivity contribution in [3.05, 3.63) is 29.3 Å². The van der Waals surface area contributed by atoms with Gasteiger partial charge in [-0.2, -0.15) is 0 Å². The van der Waals surface area contributed by atoms with E-state index < -0.39 is 0 Å². The maximum absolute atomic E-state index is 12.4. The number of nitrogens with zero attached hydrogens (tertiary/aromatic N) is 2. The first kappa shape index (κ1) is 15.8. The molecule has 116 valence electrons. The van der Waals surface area contributed by atoms with Crippen molar-refractivity contribution in [2.45, 2.75) is 13.8 Å². The van der Waals surface area contributed by atoms with Gasteiger partial charge in [-0.15, -0.1) is 0 Å². The van der Waals surface area contributed by atoms with Crippen molar-refractivity contribution in [1.82, 2.24) is 9.80 Å². The molecule has 0 saturated carbocycles. The molecule has 1 atom stereocenters. The van der Waals surface area contributed by atoms with E-state index >= 15 is 0 Å². The number of rotatable bonds is 4. The summed E-state index contributed by atoms with van der Waals surface area (Å²) in [4.78, 5) is 16.6. The Kier molecular flexibility index (Phi) is 5.20. The lowest BCUT2D eigenvalue weighted by Crippen LogP contribution is -2.50. The van der Waals surface area contributed by atoms with Crippen LogP contribution in [0.25, 0.3) is 0 Å². The first-order chi connectivity index (χ1) is 10.0. The maximum Gasteiger partial charge on any atom is 0.254 e. The summed E-state index contributed by atoms with van der Waals surface area (Å²) in [5, 5.41) is 9.72. The minimum Gasteiger partial charge on any atom is -0.508 e. The largest absolute Gasteiger partial charge is 0.508 e. The van der Waals surface area contributed by atoms with E-state index in [9.17, 15) is 9.90 Å². The molecule has 0 spiro atoms. The Hall–Kier alpha value is -1.59. The number of carbonyl (C=O) groups excluding carboxylic acids is 1. The maximum atomic E-state index is 12.4. The van der Waals surface area contributed by atoms with Gasteiger partial charge in [0.25, 0.3) is 5.91 Å². The van der Waals surface area contributed by atoms with Gasteiger partial charge in [-0.3, -0.25) is 9.69 Å². The Balaban J connectivity index is 1.92. The number of phenolic OH excluding ortho intramolecular Hbond substituents is 1. The Morgan fingerprint density at radius 2 is 2.00 bits per heavy atom. The molecular weight excluding hydrogens is 266 g/mol. The van der Waals surface area contributed by atoms with Gasteiger partial charge >= 0.3 is 0 Å². The van der Waals surface area contributed by atoms with Gasteiger partial charge in [0.15, 0.2) is 0 Å². The lowest BCUT2D eigenvalue weighted by atomic mass is 10.1. The molecule has 5 heteroatoms. The van der Waals surface area contributed by atoms with E-state index in [1.807, 2.05) is 11.8 Å². The second-order valence-electron chi connectivity index (χ2n) is 5.93. The predicted molar refractivity (Wildman–Crippen MR) is 83.4 cm³/mol. The normalized spacial score (nSPS) is 17.8. The average molecular weight is 291 g/mol. The third-order valence-electron chi connectivity index (χ3n) is 4.09. The van der Waals surface area contributed by atoms with Crippen molar-refractivity contribution in [2.75, 3.05) is 39.3 Å². The molecule has 1 aromatic rings. The van der Waals surface area contributed by atoms with Crippen molar-refractivity contribution in [3.63, 3.8) is 0 Å². The quantitative estimate of drug-likeness (QED) is 0.870. The van der Waals surface area contributed by atoms with Crippen molar-refractivity contribution < 1.29 is 9.90 Å². The summed E-state index contributed by atoms with van der Waals surface area (Å²) in [7, 11) is 0. The van der Waals surface area contributed by atoms with Crippen LogP contribution < -0.4 is 5.73 Å². The van der Waals surface area contributed by atoms with E-state index in [0.717, 1.165) is 38.3 Å². The zero-order chi connectivity index (χ0) is 15.4. The van der Waals surface area contributed by atoms with Crippen molar-refractivity contribution >= 4 is 5.91 Å². The van der Waals surface area contributed by atoms with E-state index in [1.54, 1.807) is 18.2 Å². The second kappa shape index (κ2) is 6.91. The number of aromatic hydroxyl groups is 1. The van der Waals surface area contributed by atoms with Crippen LogP contribution in [0.2, 0.25) is 0 Å². The van der Waals surface area contributed by atoms with Gasteiger partial charge in [0.2, 0.25) is 0 Å². The summed E-state index contributed by atoms with van der Waals surface area (Å²) in [6, 6.07) is 5.11. The van der Waals surface area contributed by atoms with Crippen molar-refractivity contribution in [1.29, 1.82) is 0 Å². The predicted octanol–water partition coefficient (Wildman–Crippen LogP) is 1.05. The summed E-state index contributed by atoms with van der Waals surface area (Å²) in [6.07, 6.45) is 0. The molecule has 5 nitrogen and oxygen atoms in total. The van der Waals surface area contributed by atoms with Crippen LogP contribution in [0.3, 0.4) is 0 Å². The lowest BCUT2D eigenvalue weighted by Gasteiger charge is -2.35. The van der Waals surface area contributed by atoms with Gasteiger partial charge < -0.3 is 15.7 Å². The van der Waals surface area contributed by atoms with E-state index in [2.05, 4.69) is 11.8 Å². The van der Waals surface area contributed by atoms with Crippen LogP contribution in [0.1, 0.15) is 22.8 Å². The SMILES string of the molecule is Cc1ccc(C(=O)N2CCN(CC(C)CN)CC2)cc1O. The molecule has 1 fully saturated rings. The topological polar surface area (TPSA) is 69.8 Å². The molecule has 1 saturated heterocycles. The molecule has 0 aromatic heterocycles. The number of nitrogens with two attached hydrogens (primary N) is 1. The zero-order valence-electron chi connectivity index (χ0n) is 12.9. The highest BCUT2D eigenvalue weighted by atomic mass is 16.3. The highest BCUT2D eigenvalue weighted by Crippen LogP contribution is 2.19. The standard InChI is InChI=1S/C16H25N3O2/c1-12(10-17)11-18-5-7-19(8-6-18)16(21)14-4-3-13(2)15(20)9-14/h3-4,9,12,20H,5-8,10-11,17H2,1-2H3. The van der Waals surface area contributed by atoms with E-state index in [-0.39, 0.29) is 11.7 Å². The van der Waals surface area contributed by atoms with Crippen molar-refractivity contribution in [3.8, 4) is 5.75 Å². The van der Waals surface area contributed by atoms with E-state index in [0.29, 0.717) is 18.0 Å². The molecule has 1 aromatic carbocycles. The van der Waals surface area contributed by atoms with Crippen LogP contribution in [0.5, 0.6) is 5.75 Å². The number of benzene rings is 1. The third kappa shape index (κ3) is 3.95. The first-order valence-electron chi connectivity index (χ1n) is 7.52. The Bertz CT molecular complexity index is 496. The second-order valence-corrected chi connectivity index (χ2v) is 5.93. The molecule has 3 N–H and O–H groups in total. The van der Waals surface area contributed by atoms with Crippen LogP contribution in [0, 0.1) is 12.8 Å². The molecule has 2 rings (SSSR count). The van der Waals surface area contributed by atoms with Gasteiger partial charge in [-0.05, 0) is 37.1 Å². The number of phenols is 1. The minimum atomic E-state index is -0.00294. The fourth-order valence-electron chi connectivity index (χ4n) is 2.57. The Morgan fingerprint density at radius 1 is 1.33 bits per heavy atom. The van der Waals surface area contributed by atoms with Crippen molar-refractivity contribution in [2.24, 2.45) is 11.7 Å². The molecule has 0 aliphatic carbocycles. The third-order valence-corrected chi connectivity index (χ3v) is 4.09. The molecule has 1 aliphatic heterocycles. The fraction of sp³-hybridized carbons (Fsp3) is 0.562. The summed E-state index contributed by atoms with van der Waals surface area (Å²) in [5.41, 5.74) is 6.99. The van der Waals surface area contributed by atoms with Gasteiger partial charge in [-0.25, -0.2) is 0 Å². The monoisotopic (exact) mass is 291 g/mol. The van der Waals surface area contributed by atoms with Crippen LogP contribution in [-0.2, 0) is 0 Å². The summed E-state index contributed by atoms with van der Waals surface area (Å²) >= 11 is 0.